The van der Waals surface area contributed by atoms with Crippen LogP contribution in [-0.4, -0.2) is 17.6 Å². The van der Waals surface area contributed by atoms with Crippen molar-refractivity contribution in [2.24, 2.45) is 10.7 Å². The molecule has 5 nitrogen and oxygen atoms in total. The van der Waals surface area contributed by atoms with Gasteiger partial charge in [-0.25, -0.2) is 4.99 Å². The van der Waals surface area contributed by atoms with Gasteiger partial charge in [-0.15, -0.1) is 0 Å². The highest BCUT2D eigenvalue weighted by Gasteiger charge is 2.21. The molecule has 134 valence electrons. The quantitative estimate of drug-likeness (QED) is 0.499. The highest BCUT2D eigenvalue weighted by atomic mass is 16.5. The van der Waals surface area contributed by atoms with Crippen LogP contribution < -0.4 is 15.8 Å². The van der Waals surface area contributed by atoms with E-state index in [2.05, 4.69) is 53.4 Å². The third kappa shape index (κ3) is 3.12. The number of aromatic nitrogens is 1. The van der Waals surface area contributed by atoms with Crippen molar-refractivity contribution in [2.45, 2.75) is 32.9 Å². The fourth-order valence-corrected chi connectivity index (χ4v) is 3.50. The highest BCUT2D eigenvalue weighted by molar-refractivity contribution is 5.85. The van der Waals surface area contributed by atoms with Gasteiger partial charge >= 0.3 is 0 Å². The summed E-state index contributed by atoms with van der Waals surface area (Å²) in [5, 5.41) is 4.59. The minimum Gasteiger partial charge on any atom is -0.493 e. The maximum atomic E-state index is 6.15. The standard InChI is InChI=1S/C21H24N4O/c1-13-14(2)24-18-8-7-15(11-17(13)18)12-23-21(22)25-19-9-10-26-20-6-4-3-5-16(19)20/h3-8,11,19,24H,9-10,12H2,1-2H3,(H3,22,23,25). The number of nitrogens with two attached hydrogens (primary N) is 1. The first-order valence-corrected chi connectivity index (χ1v) is 8.98. The molecule has 4 rings (SSSR count). The Hall–Kier alpha value is -2.95. The van der Waals surface area contributed by atoms with Gasteiger partial charge in [-0.2, -0.15) is 0 Å². The zero-order chi connectivity index (χ0) is 18.1. The molecule has 0 fully saturated rings. The molecule has 0 amide bonds. The summed E-state index contributed by atoms with van der Waals surface area (Å²) in [4.78, 5) is 7.93. The van der Waals surface area contributed by atoms with Crippen LogP contribution in [0.1, 0.15) is 34.8 Å². The van der Waals surface area contributed by atoms with Crippen molar-refractivity contribution in [3.05, 3.63) is 64.8 Å². The molecule has 1 aromatic heterocycles. The zero-order valence-corrected chi connectivity index (χ0v) is 15.2. The topological polar surface area (TPSA) is 75.4 Å². The van der Waals surface area contributed by atoms with Crippen LogP contribution in [0.25, 0.3) is 10.9 Å². The first-order valence-electron chi connectivity index (χ1n) is 8.98. The second-order valence-corrected chi connectivity index (χ2v) is 6.83. The second-order valence-electron chi connectivity index (χ2n) is 6.83. The van der Waals surface area contributed by atoms with Crippen molar-refractivity contribution < 1.29 is 4.74 Å². The lowest BCUT2D eigenvalue weighted by Gasteiger charge is -2.26. The van der Waals surface area contributed by atoms with Crippen LogP contribution in [0.4, 0.5) is 0 Å². The molecule has 2 heterocycles. The minimum absolute atomic E-state index is 0.140. The maximum absolute atomic E-state index is 6.15. The normalized spacial score (nSPS) is 17.0. The summed E-state index contributed by atoms with van der Waals surface area (Å²) in [7, 11) is 0. The first-order chi connectivity index (χ1) is 12.6. The fraction of sp³-hybridized carbons (Fsp3) is 0.286. The first kappa shape index (κ1) is 16.5. The number of nitrogens with zero attached hydrogens (tertiary/aromatic N) is 1. The molecule has 0 saturated carbocycles. The van der Waals surface area contributed by atoms with Crippen LogP contribution in [0.5, 0.6) is 5.75 Å². The van der Waals surface area contributed by atoms with Gasteiger partial charge < -0.3 is 20.8 Å². The van der Waals surface area contributed by atoms with Crippen molar-refractivity contribution in [2.75, 3.05) is 6.61 Å². The number of aryl methyl sites for hydroxylation is 2. The molecule has 1 aliphatic heterocycles. The third-order valence-electron chi connectivity index (χ3n) is 5.09. The number of aromatic amines is 1. The van der Waals surface area contributed by atoms with Crippen LogP contribution in [0, 0.1) is 13.8 Å². The van der Waals surface area contributed by atoms with Crippen LogP contribution in [-0.2, 0) is 6.54 Å². The third-order valence-corrected chi connectivity index (χ3v) is 5.09. The number of benzene rings is 2. The number of ether oxygens (including phenoxy) is 1. The van der Waals surface area contributed by atoms with Gasteiger partial charge in [0.25, 0.3) is 0 Å². The van der Waals surface area contributed by atoms with Crippen molar-refractivity contribution in [3.63, 3.8) is 0 Å². The van der Waals surface area contributed by atoms with Crippen LogP contribution in [0.2, 0.25) is 0 Å². The molecular formula is C21H24N4O. The molecule has 1 atom stereocenters. The Morgan fingerprint density at radius 2 is 2.12 bits per heavy atom. The average Bonchev–Trinajstić information content (AvgIpc) is 2.94. The van der Waals surface area contributed by atoms with Crippen molar-refractivity contribution in [3.8, 4) is 5.75 Å². The van der Waals surface area contributed by atoms with Gasteiger partial charge in [-0.1, -0.05) is 24.3 Å². The van der Waals surface area contributed by atoms with Crippen molar-refractivity contribution >= 4 is 16.9 Å². The van der Waals surface area contributed by atoms with Gasteiger partial charge in [0.1, 0.15) is 5.75 Å². The van der Waals surface area contributed by atoms with E-state index >= 15 is 0 Å². The number of fused-ring (bicyclic) bond motifs is 2. The summed E-state index contributed by atoms with van der Waals surface area (Å²) in [6, 6.07) is 14.6. The van der Waals surface area contributed by atoms with E-state index in [0.717, 1.165) is 28.8 Å². The number of hydrogen-bond acceptors (Lipinski definition) is 2. The minimum atomic E-state index is 0.140. The maximum Gasteiger partial charge on any atom is 0.189 e. The highest BCUT2D eigenvalue weighted by Crippen LogP contribution is 2.31. The molecule has 1 unspecified atom stereocenters. The smallest absolute Gasteiger partial charge is 0.189 e. The molecule has 0 aliphatic carbocycles. The van der Waals surface area contributed by atoms with Gasteiger partial charge in [0.2, 0.25) is 0 Å². The van der Waals surface area contributed by atoms with E-state index in [4.69, 9.17) is 10.5 Å². The van der Waals surface area contributed by atoms with Gasteiger partial charge in [0.15, 0.2) is 5.96 Å². The Labute approximate surface area is 153 Å². The summed E-state index contributed by atoms with van der Waals surface area (Å²) in [5.41, 5.74) is 12.1. The number of rotatable bonds is 3. The number of aliphatic imine (C=N–C) groups is 1. The van der Waals surface area contributed by atoms with Crippen LogP contribution in [0.15, 0.2) is 47.5 Å². The molecule has 4 N–H and O–H groups in total. The van der Waals surface area contributed by atoms with E-state index in [1.54, 1.807) is 0 Å². The Morgan fingerprint density at radius 1 is 1.27 bits per heavy atom. The number of para-hydroxylation sites is 1. The lowest BCUT2D eigenvalue weighted by atomic mass is 10.0. The molecule has 2 aromatic carbocycles. The van der Waals surface area contributed by atoms with Gasteiger partial charge in [-0.3, -0.25) is 0 Å². The van der Waals surface area contributed by atoms with E-state index in [9.17, 15) is 0 Å². The molecule has 1 aliphatic rings. The Kier molecular flexibility index (Phi) is 4.29. The largest absolute Gasteiger partial charge is 0.493 e. The molecule has 0 radical (unpaired) electrons. The Balaban J connectivity index is 1.48. The number of nitrogens with one attached hydrogen (secondary N) is 2. The fourth-order valence-electron chi connectivity index (χ4n) is 3.50. The monoisotopic (exact) mass is 348 g/mol. The molecular weight excluding hydrogens is 324 g/mol. The van der Waals surface area contributed by atoms with E-state index in [1.807, 2.05) is 18.2 Å². The Morgan fingerprint density at radius 3 is 3.00 bits per heavy atom. The molecule has 0 spiro atoms. The predicted octanol–water partition coefficient (Wildman–Crippen LogP) is 3.71. The lowest BCUT2D eigenvalue weighted by molar-refractivity contribution is 0.262. The summed E-state index contributed by atoms with van der Waals surface area (Å²) >= 11 is 0. The van der Waals surface area contributed by atoms with Crippen LogP contribution in [0.3, 0.4) is 0 Å². The van der Waals surface area contributed by atoms with Crippen molar-refractivity contribution in [1.82, 2.24) is 10.3 Å². The summed E-state index contributed by atoms with van der Waals surface area (Å²) < 4.78 is 5.69. The number of H-pyrrole nitrogens is 1. The number of guanidine groups is 1. The molecule has 26 heavy (non-hydrogen) atoms. The van der Waals surface area contributed by atoms with Crippen molar-refractivity contribution in [1.29, 1.82) is 0 Å². The van der Waals surface area contributed by atoms with Crippen LogP contribution >= 0.6 is 0 Å². The Bertz CT molecular complexity index is 973. The summed E-state index contributed by atoms with van der Waals surface area (Å²) in [6.45, 7) is 5.48. The van der Waals surface area contributed by atoms with E-state index < -0.39 is 0 Å². The second kappa shape index (κ2) is 6.75. The van der Waals surface area contributed by atoms with E-state index in [1.165, 1.54) is 16.6 Å². The molecule has 5 heteroatoms. The van der Waals surface area contributed by atoms with E-state index in [0.29, 0.717) is 19.1 Å². The summed E-state index contributed by atoms with van der Waals surface area (Å²) in [5.74, 6) is 1.39. The molecule has 0 bridgehead atoms. The van der Waals surface area contributed by atoms with Gasteiger partial charge in [-0.05, 0) is 43.2 Å². The molecule has 3 aromatic rings. The SMILES string of the molecule is Cc1[nH]c2ccc(CN=C(N)NC3CCOc4ccccc43)cc2c1C. The van der Waals surface area contributed by atoms with Gasteiger partial charge in [0.05, 0.1) is 19.2 Å². The predicted molar refractivity (Wildman–Crippen MR) is 106 cm³/mol. The lowest BCUT2D eigenvalue weighted by Crippen LogP contribution is -2.37. The number of hydrogen-bond donors (Lipinski definition) is 3. The van der Waals surface area contributed by atoms with Gasteiger partial charge in [0, 0.05) is 28.6 Å². The zero-order valence-electron chi connectivity index (χ0n) is 15.2. The van der Waals surface area contributed by atoms with E-state index in [-0.39, 0.29) is 6.04 Å². The summed E-state index contributed by atoms with van der Waals surface area (Å²) in [6.07, 6.45) is 0.876. The molecule has 0 saturated heterocycles. The average molecular weight is 348 g/mol.